The van der Waals surface area contributed by atoms with Crippen LogP contribution in [0, 0.1) is 11.3 Å². The first-order valence-electron chi connectivity index (χ1n) is 10.5. The topological polar surface area (TPSA) is 57.0 Å². The monoisotopic (exact) mass is 489 g/mol. The molecule has 4 rings (SSSR count). The molecule has 10 heteroatoms. The minimum Gasteiger partial charge on any atom is -0.338 e. The van der Waals surface area contributed by atoms with Gasteiger partial charge in [0, 0.05) is 37.0 Å². The smallest absolute Gasteiger partial charge is 0.338 e. The summed E-state index contributed by atoms with van der Waals surface area (Å²) in [6.45, 7) is 0.890. The molecule has 0 radical (unpaired) electrons. The first-order chi connectivity index (χ1) is 16.5. The molecule has 1 aromatic heterocycles. The van der Waals surface area contributed by atoms with Crippen molar-refractivity contribution in [2.75, 3.05) is 13.1 Å². The molecular formula is C25H17F6N3O. The van der Waals surface area contributed by atoms with Gasteiger partial charge >= 0.3 is 12.4 Å². The lowest BCUT2D eigenvalue weighted by Crippen LogP contribution is -2.28. The zero-order chi connectivity index (χ0) is 25.4. The lowest BCUT2D eigenvalue weighted by molar-refractivity contribution is -0.143. The highest BCUT2D eigenvalue weighted by molar-refractivity contribution is 5.95. The second-order valence-electron chi connectivity index (χ2n) is 8.19. The fourth-order valence-electron chi connectivity index (χ4n) is 4.15. The number of benzene rings is 2. The van der Waals surface area contributed by atoms with Crippen molar-refractivity contribution in [1.82, 2.24) is 9.88 Å². The summed E-state index contributed by atoms with van der Waals surface area (Å²) in [5, 5.41) is 9.57. The van der Waals surface area contributed by atoms with Crippen LogP contribution in [0.15, 0.2) is 60.9 Å². The van der Waals surface area contributed by atoms with Crippen LogP contribution in [0.1, 0.15) is 45.0 Å². The molecule has 2 aromatic carbocycles. The highest BCUT2D eigenvalue weighted by Gasteiger charge is 2.37. The van der Waals surface area contributed by atoms with Crippen LogP contribution < -0.4 is 0 Å². The summed E-state index contributed by atoms with van der Waals surface area (Å²) in [6, 6.07) is 10.4. The third-order valence-corrected chi connectivity index (χ3v) is 5.92. The molecule has 1 aliphatic rings. The van der Waals surface area contributed by atoms with Gasteiger partial charge in [0.1, 0.15) is 0 Å². The molecule has 3 aromatic rings. The number of pyridine rings is 1. The van der Waals surface area contributed by atoms with E-state index in [4.69, 9.17) is 0 Å². The van der Waals surface area contributed by atoms with Crippen LogP contribution in [-0.4, -0.2) is 28.9 Å². The Labute approximate surface area is 196 Å². The molecule has 1 aliphatic heterocycles. The van der Waals surface area contributed by atoms with E-state index in [1.807, 2.05) is 6.07 Å². The first kappa shape index (κ1) is 24.3. The summed E-state index contributed by atoms with van der Waals surface area (Å²) < 4.78 is 79.5. The molecule has 1 fully saturated rings. The average Bonchev–Trinajstić information content (AvgIpc) is 3.33. The van der Waals surface area contributed by atoms with Crippen molar-refractivity contribution in [3.63, 3.8) is 0 Å². The van der Waals surface area contributed by atoms with Crippen LogP contribution in [0.5, 0.6) is 0 Å². The number of carbonyl (C=O) groups is 1. The number of nitrogens with zero attached hydrogens (tertiary/aromatic N) is 3. The van der Waals surface area contributed by atoms with Gasteiger partial charge in [-0.25, -0.2) is 0 Å². The van der Waals surface area contributed by atoms with Crippen molar-refractivity contribution in [2.24, 2.45) is 0 Å². The Balaban J connectivity index is 1.66. The fourth-order valence-corrected chi connectivity index (χ4v) is 4.15. The SMILES string of the molecule is N#Cc1cc(C(=O)N2CCC(c3cccnc3)C2)ccc1-c1cc(C(F)(F)F)cc(C(F)(F)F)c1. The summed E-state index contributed by atoms with van der Waals surface area (Å²) in [6.07, 6.45) is -5.94. The Morgan fingerprint density at radius 3 is 2.26 bits per heavy atom. The fraction of sp³-hybridized carbons (Fsp3) is 0.240. The van der Waals surface area contributed by atoms with Crippen molar-refractivity contribution >= 4 is 5.91 Å². The highest BCUT2D eigenvalue weighted by Crippen LogP contribution is 2.39. The van der Waals surface area contributed by atoms with Crippen LogP contribution in [0.4, 0.5) is 26.3 Å². The second kappa shape index (κ2) is 9.06. The molecule has 1 unspecified atom stereocenters. The summed E-state index contributed by atoms with van der Waals surface area (Å²) >= 11 is 0. The molecule has 2 heterocycles. The van der Waals surface area contributed by atoms with E-state index in [1.165, 1.54) is 18.2 Å². The second-order valence-corrected chi connectivity index (χ2v) is 8.19. The van der Waals surface area contributed by atoms with E-state index in [1.54, 1.807) is 29.4 Å². The number of hydrogen-bond donors (Lipinski definition) is 0. The van der Waals surface area contributed by atoms with Gasteiger partial charge in [-0.15, -0.1) is 0 Å². The zero-order valence-electron chi connectivity index (χ0n) is 18.0. The van der Waals surface area contributed by atoms with Gasteiger partial charge in [0.05, 0.1) is 22.8 Å². The lowest BCUT2D eigenvalue weighted by atomic mass is 9.94. The molecule has 0 spiro atoms. The maximum atomic E-state index is 13.2. The maximum Gasteiger partial charge on any atom is 0.416 e. The summed E-state index contributed by atoms with van der Waals surface area (Å²) in [7, 11) is 0. The van der Waals surface area contributed by atoms with Crippen molar-refractivity contribution in [3.05, 3.63) is 88.7 Å². The number of halogens is 6. The van der Waals surface area contributed by atoms with Gasteiger partial charge in [0.15, 0.2) is 0 Å². The van der Waals surface area contributed by atoms with Crippen molar-refractivity contribution in [3.8, 4) is 17.2 Å². The summed E-state index contributed by atoms with van der Waals surface area (Å²) in [5.41, 5.74) is -2.60. The molecule has 0 aliphatic carbocycles. The van der Waals surface area contributed by atoms with Gasteiger partial charge < -0.3 is 4.90 Å². The van der Waals surface area contributed by atoms with Gasteiger partial charge in [-0.1, -0.05) is 12.1 Å². The van der Waals surface area contributed by atoms with Crippen molar-refractivity contribution in [2.45, 2.75) is 24.7 Å². The van der Waals surface area contributed by atoms with Crippen LogP contribution in [0.2, 0.25) is 0 Å². The van der Waals surface area contributed by atoms with Crippen LogP contribution >= 0.6 is 0 Å². The molecule has 35 heavy (non-hydrogen) atoms. The Hall–Kier alpha value is -3.87. The third kappa shape index (κ3) is 5.14. The van der Waals surface area contributed by atoms with E-state index in [-0.39, 0.29) is 34.6 Å². The van der Waals surface area contributed by atoms with Crippen molar-refractivity contribution in [1.29, 1.82) is 5.26 Å². The number of hydrogen-bond acceptors (Lipinski definition) is 3. The number of likely N-dealkylation sites (tertiary alicyclic amines) is 1. The number of rotatable bonds is 3. The highest BCUT2D eigenvalue weighted by atomic mass is 19.4. The molecule has 0 bridgehead atoms. The molecule has 1 atom stereocenters. The van der Waals surface area contributed by atoms with Crippen LogP contribution in [0.25, 0.3) is 11.1 Å². The van der Waals surface area contributed by atoms with E-state index in [2.05, 4.69) is 4.98 Å². The molecule has 0 N–H and O–H groups in total. The van der Waals surface area contributed by atoms with Crippen LogP contribution in [-0.2, 0) is 12.4 Å². The zero-order valence-corrected chi connectivity index (χ0v) is 18.0. The summed E-state index contributed by atoms with van der Waals surface area (Å²) in [5.74, 6) is -0.285. The molecule has 180 valence electrons. The van der Waals surface area contributed by atoms with E-state index < -0.39 is 29.0 Å². The minimum atomic E-state index is -5.01. The number of alkyl halides is 6. The molecule has 1 amide bonds. The summed E-state index contributed by atoms with van der Waals surface area (Å²) in [4.78, 5) is 18.7. The maximum absolute atomic E-state index is 13.2. The normalized spacial score (nSPS) is 16.3. The third-order valence-electron chi connectivity index (χ3n) is 5.92. The van der Waals surface area contributed by atoms with Gasteiger partial charge in [-0.05, 0) is 59.5 Å². The quantitative estimate of drug-likeness (QED) is 0.407. The predicted molar refractivity (Wildman–Crippen MR) is 114 cm³/mol. The molecule has 0 saturated carbocycles. The predicted octanol–water partition coefficient (Wildman–Crippen LogP) is 6.29. The average molecular weight is 489 g/mol. The van der Waals surface area contributed by atoms with Gasteiger partial charge in [0.2, 0.25) is 0 Å². The van der Waals surface area contributed by atoms with Gasteiger partial charge in [0.25, 0.3) is 5.91 Å². The Kier molecular flexibility index (Phi) is 6.28. The number of aromatic nitrogens is 1. The first-order valence-corrected chi connectivity index (χ1v) is 10.5. The molecule has 4 nitrogen and oxygen atoms in total. The standard InChI is InChI=1S/C25H17F6N3O/c26-24(27,28)20-9-18(10-21(11-20)25(29,30)31)22-4-3-15(8-19(22)12-32)23(35)34-7-5-17(14-34)16-2-1-6-33-13-16/h1-4,6,8-11,13,17H,5,7,14H2. The van der Waals surface area contributed by atoms with E-state index >= 15 is 0 Å². The Bertz CT molecular complexity index is 1260. The van der Waals surface area contributed by atoms with Gasteiger partial charge in [-0.2, -0.15) is 31.6 Å². The van der Waals surface area contributed by atoms with E-state index in [9.17, 15) is 36.4 Å². The van der Waals surface area contributed by atoms with E-state index in [0.29, 0.717) is 31.6 Å². The Morgan fingerprint density at radius 1 is 1.00 bits per heavy atom. The van der Waals surface area contributed by atoms with Crippen LogP contribution in [0.3, 0.4) is 0 Å². The molecular weight excluding hydrogens is 472 g/mol. The minimum absolute atomic E-state index is 0.0273. The number of nitriles is 1. The van der Waals surface area contributed by atoms with Gasteiger partial charge in [-0.3, -0.25) is 9.78 Å². The Morgan fingerprint density at radius 2 is 1.69 bits per heavy atom. The molecule has 1 saturated heterocycles. The van der Waals surface area contributed by atoms with Crippen molar-refractivity contribution < 1.29 is 31.1 Å². The number of carbonyl (C=O) groups excluding carboxylic acids is 1. The number of amides is 1. The lowest BCUT2D eigenvalue weighted by Gasteiger charge is -2.18. The van der Waals surface area contributed by atoms with E-state index in [0.717, 1.165) is 5.56 Å². The largest absolute Gasteiger partial charge is 0.416 e.